The highest BCUT2D eigenvalue weighted by atomic mass is 15.1. The highest BCUT2D eigenvalue weighted by molar-refractivity contribution is 5.83. The number of hydrogen-bond acceptors (Lipinski definition) is 2. The summed E-state index contributed by atoms with van der Waals surface area (Å²) in [5.41, 5.74) is 2.72. The monoisotopic (exact) mass is 285 g/mol. The van der Waals surface area contributed by atoms with Gasteiger partial charge in [-0.1, -0.05) is 25.1 Å². The number of likely N-dealkylation sites (tertiary alicyclic amines) is 1. The molecule has 0 aliphatic carbocycles. The van der Waals surface area contributed by atoms with Crippen LogP contribution in [0.15, 0.2) is 30.5 Å². The first-order valence-electron chi connectivity index (χ1n) is 8.20. The van der Waals surface area contributed by atoms with E-state index in [4.69, 9.17) is 0 Å². The Labute approximate surface area is 127 Å². The molecule has 0 amide bonds. The van der Waals surface area contributed by atoms with Gasteiger partial charge in [0.05, 0.1) is 0 Å². The van der Waals surface area contributed by atoms with Crippen molar-refractivity contribution in [1.82, 2.24) is 14.8 Å². The van der Waals surface area contributed by atoms with E-state index in [0.717, 1.165) is 19.0 Å². The summed E-state index contributed by atoms with van der Waals surface area (Å²) in [5, 5.41) is 4.99. The third-order valence-electron chi connectivity index (χ3n) is 4.78. The van der Waals surface area contributed by atoms with Crippen LogP contribution in [0.2, 0.25) is 0 Å². The predicted octanol–water partition coefficient (Wildman–Crippen LogP) is 3.00. The molecule has 1 N–H and O–H groups in total. The van der Waals surface area contributed by atoms with Gasteiger partial charge in [0.1, 0.15) is 0 Å². The van der Waals surface area contributed by atoms with Gasteiger partial charge in [0.25, 0.3) is 0 Å². The number of para-hydroxylation sites is 1. The summed E-state index contributed by atoms with van der Waals surface area (Å²) in [6, 6.07) is 8.64. The van der Waals surface area contributed by atoms with Crippen LogP contribution >= 0.6 is 0 Å². The van der Waals surface area contributed by atoms with E-state index in [2.05, 4.69) is 59.2 Å². The zero-order valence-corrected chi connectivity index (χ0v) is 13.3. The molecule has 1 aromatic carbocycles. The van der Waals surface area contributed by atoms with Gasteiger partial charge in [0.2, 0.25) is 0 Å². The largest absolute Gasteiger partial charge is 0.350 e. The molecule has 1 aliphatic heterocycles. The van der Waals surface area contributed by atoms with Crippen molar-refractivity contribution >= 4 is 10.9 Å². The van der Waals surface area contributed by atoms with Crippen LogP contribution in [0.1, 0.15) is 25.3 Å². The van der Waals surface area contributed by atoms with Crippen LogP contribution in [0.3, 0.4) is 0 Å². The predicted molar refractivity (Wildman–Crippen MR) is 89.5 cm³/mol. The van der Waals surface area contributed by atoms with Crippen molar-refractivity contribution in [3.8, 4) is 0 Å². The van der Waals surface area contributed by atoms with Crippen molar-refractivity contribution in [3.05, 3.63) is 36.0 Å². The molecule has 3 nitrogen and oxygen atoms in total. The minimum Gasteiger partial charge on any atom is -0.350 e. The first-order chi connectivity index (χ1) is 10.2. The molecule has 1 aromatic heterocycles. The van der Waals surface area contributed by atoms with Gasteiger partial charge in [-0.25, -0.2) is 0 Å². The summed E-state index contributed by atoms with van der Waals surface area (Å²) in [6.07, 6.45) is 4.98. The Morgan fingerprint density at radius 3 is 2.76 bits per heavy atom. The third kappa shape index (κ3) is 3.47. The second-order valence-corrected chi connectivity index (χ2v) is 6.48. The summed E-state index contributed by atoms with van der Waals surface area (Å²) in [7, 11) is 2.13. The van der Waals surface area contributed by atoms with E-state index >= 15 is 0 Å². The van der Waals surface area contributed by atoms with Crippen LogP contribution < -0.4 is 5.32 Å². The quantitative estimate of drug-likeness (QED) is 0.852. The minimum atomic E-state index is 0.921. The van der Waals surface area contributed by atoms with Crippen molar-refractivity contribution in [2.75, 3.05) is 26.2 Å². The average Bonchev–Trinajstić information content (AvgIpc) is 2.83. The zero-order valence-electron chi connectivity index (χ0n) is 13.3. The lowest BCUT2D eigenvalue weighted by atomic mass is 9.99. The molecule has 0 bridgehead atoms. The van der Waals surface area contributed by atoms with E-state index in [0.29, 0.717) is 0 Å². The number of nitrogens with zero attached hydrogens (tertiary/aromatic N) is 2. The Hall–Kier alpha value is -1.32. The third-order valence-corrected chi connectivity index (χ3v) is 4.78. The van der Waals surface area contributed by atoms with Crippen LogP contribution in [-0.4, -0.2) is 35.6 Å². The van der Waals surface area contributed by atoms with E-state index in [1.165, 1.54) is 48.9 Å². The van der Waals surface area contributed by atoms with Crippen LogP contribution in [-0.2, 0) is 13.6 Å². The van der Waals surface area contributed by atoms with Crippen LogP contribution in [0.4, 0.5) is 0 Å². The molecule has 3 rings (SSSR count). The molecule has 0 radical (unpaired) electrons. The van der Waals surface area contributed by atoms with Crippen LogP contribution in [0.5, 0.6) is 0 Å². The number of hydrogen-bond donors (Lipinski definition) is 1. The van der Waals surface area contributed by atoms with E-state index < -0.39 is 0 Å². The molecule has 0 saturated carbocycles. The van der Waals surface area contributed by atoms with Gasteiger partial charge in [0, 0.05) is 43.8 Å². The molecule has 1 fully saturated rings. The van der Waals surface area contributed by atoms with Gasteiger partial charge in [-0.2, -0.15) is 0 Å². The van der Waals surface area contributed by atoms with Crippen LogP contribution in [0.25, 0.3) is 10.9 Å². The van der Waals surface area contributed by atoms with Crippen molar-refractivity contribution in [3.63, 3.8) is 0 Å². The number of aryl methyl sites for hydroxylation is 1. The molecule has 1 saturated heterocycles. The fourth-order valence-corrected chi connectivity index (χ4v) is 3.31. The number of fused-ring (bicyclic) bond motifs is 1. The normalized spacial score (nSPS) is 17.6. The summed E-state index contributed by atoms with van der Waals surface area (Å²) >= 11 is 0. The summed E-state index contributed by atoms with van der Waals surface area (Å²) in [5.74, 6) is 0.921. The van der Waals surface area contributed by atoms with E-state index in [1.807, 2.05) is 0 Å². The number of nitrogens with one attached hydrogen (secondary N) is 1. The van der Waals surface area contributed by atoms with E-state index in [-0.39, 0.29) is 0 Å². The van der Waals surface area contributed by atoms with Gasteiger partial charge in [-0.15, -0.1) is 0 Å². The average molecular weight is 285 g/mol. The van der Waals surface area contributed by atoms with Crippen molar-refractivity contribution in [1.29, 1.82) is 0 Å². The molecule has 3 heteroatoms. The van der Waals surface area contributed by atoms with Crippen molar-refractivity contribution in [2.45, 2.75) is 26.3 Å². The minimum absolute atomic E-state index is 0.921. The maximum atomic E-state index is 3.61. The Balaban J connectivity index is 1.49. The smallest absolute Gasteiger partial charge is 0.0481 e. The molecular formula is C18H27N3. The Kier molecular flexibility index (Phi) is 4.61. The molecule has 2 aromatic rings. The summed E-state index contributed by atoms with van der Waals surface area (Å²) in [6.45, 7) is 8.14. The Morgan fingerprint density at radius 2 is 1.95 bits per heavy atom. The Morgan fingerprint density at radius 1 is 1.19 bits per heavy atom. The molecule has 0 atom stereocenters. The Bertz CT molecular complexity index is 579. The first-order valence-corrected chi connectivity index (χ1v) is 8.20. The van der Waals surface area contributed by atoms with Crippen molar-refractivity contribution in [2.24, 2.45) is 13.0 Å². The second-order valence-electron chi connectivity index (χ2n) is 6.48. The second kappa shape index (κ2) is 6.63. The number of benzene rings is 1. The molecule has 1 aliphatic rings. The molecular weight excluding hydrogens is 258 g/mol. The fraction of sp³-hybridized carbons (Fsp3) is 0.556. The maximum Gasteiger partial charge on any atom is 0.0481 e. The zero-order chi connectivity index (χ0) is 14.7. The lowest BCUT2D eigenvalue weighted by Gasteiger charge is -2.30. The van der Waals surface area contributed by atoms with Gasteiger partial charge >= 0.3 is 0 Å². The van der Waals surface area contributed by atoms with Crippen LogP contribution in [0, 0.1) is 5.92 Å². The molecule has 114 valence electrons. The fourth-order valence-electron chi connectivity index (χ4n) is 3.31. The number of rotatable bonds is 5. The van der Waals surface area contributed by atoms with Gasteiger partial charge < -0.3 is 14.8 Å². The lowest BCUT2D eigenvalue weighted by Crippen LogP contribution is -2.37. The standard InChI is InChI=1S/C18H27N3/c1-15-7-10-21(11-8-15)12-9-19-13-16-14-20(2)18-6-4-3-5-17(16)18/h3-6,14-15,19H,7-13H2,1-2H3. The highest BCUT2D eigenvalue weighted by Gasteiger charge is 2.14. The topological polar surface area (TPSA) is 20.2 Å². The van der Waals surface area contributed by atoms with Gasteiger partial charge in [-0.05, 0) is 43.5 Å². The van der Waals surface area contributed by atoms with E-state index in [9.17, 15) is 0 Å². The molecule has 2 heterocycles. The molecule has 21 heavy (non-hydrogen) atoms. The number of aromatic nitrogens is 1. The molecule has 0 spiro atoms. The lowest BCUT2D eigenvalue weighted by molar-refractivity contribution is 0.193. The van der Waals surface area contributed by atoms with E-state index in [1.54, 1.807) is 0 Å². The van der Waals surface area contributed by atoms with Gasteiger partial charge in [0.15, 0.2) is 0 Å². The summed E-state index contributed by atoms with van der Waals surface area (Å²) < 4.78 is 2.22. The molecule has 0 unspecified atom stereocenters. The van der Waals surface area contributed by atoms with Gasteiger partial charge in [-0.3, -0.25) is 0 Å². The maximum absolute atomic E-state index is 3.61. The van der Waals surface area contributed by atoms with Crippen molar-refractivity contribution < 1.29 is 0 Å². The summed E-state index contributed by atoms with van der Waals surface area (Å²) in [4.78, 5) is 2.59. The number of piperidine rings is 1. The highest BCUT2D eigenvalue weighted by Crippen LogP contribution is 2.20. The SMILES string of the molecule is CC1CCN(CCNCc2cn(C)c3ccccc23)CC1. The first kappa shape index (κ1) is 14.6.